The van der Waals surface area contributed by atoms with Gasteiger partial charge in [0.05, 0.1) is 6.54 Å². The van der Waals surface area contributed by atoms with E-state index in [1.807, 2.05) is 11.7 Å². The molecule has 1 aliphatic carbocycles. The van der Waals surface area contributed by atoms with E-state index in [-0.39, 0.29) is 24.0 Å². The third-order valence-electron chi connectivity index (χ3n) is 5.29. The molecule has 0 spiro atoms. The number of nitrogens with zero attached hydrogens (tertiary/aromatic N) is 4. The third-order valence-corrected chi connectivity index (χ3v) is 5.29. The first-order chi connectivity index (χ1) is 13.3. The van der Waals surface area contributed by atoms with Crippen LogP contribution in [0.1, 0.15) is 56.1 Å². The summed E-state index contributed by atoms with van der Waals surface area (Å²) in [5.74, 6) is 1.87. The topological polar surface area (TPSA) is 67.1 Å². The summed E-state index contributed by atoms with van der Waals surface area (Å²) in [6.07, 6.45) is 13.0. The van der Waals surface area contributed by atoms with Crippen LogP contribution in [0.25, 0.3) is 0 Å². The Morgan fingerprint density at radius 2 is 2.00 bits per heavy atom. The second kappa shape index (κ2) is 12.7. The molecule has 0 bridgehead atoms. The van der Waals surface area contributed by atoms with E-state index in [2.05, 4.69) is 50.0 Å². The quantitative estimate of drug-likeness (QED) is 0.239. The van der Waals surface area contributed by atoms with E-state index in [0.29, 0.717) is 0 Å². The van der Waals surface area contributed by atoms with Crippen LogP contribution >= 0.6 is 24.0 Å². The van der Waals surface area contributed by atoms with E-state index in [9.17, 15) is 0 Å². The highest BCUT2D eigenvalue weighted by molar-refractivity contribution is 14.0. The zero-order chi connectivity index (χ0) is 18.7. The van der Waals surface area contributed by atoms with Gasteiger partial charge in [0.2, 0.25) is 0 Å². The van der Waals surface area contributed by atoms with E-state index in [4.69, 9.17) is 0 Å². The van der Waals surface area contributed by atoms with Gasteiger partial charge in [-0.15, -0.1) is 24.0 Å². The molecule has 154 valence electrons. The van der Waals surface area contributed by atoms with Crippen LogP contribution in [0.5, 0.6) is 0 Å². The van der Waals surface area contributed by atoms with Crippen molar-refractivity contribution >= 4 is 29.9 Å². The highest BCUT2D eigenvalue weighted by atomic mass is 127. The minimum absolute atomic E-state index is 0. The second-order valence-electron chi connectivity index (χ2n) is 7.41. The van der Waals surface area contributed by atoms with Crippen molar-refractivity contribution in [2.24, 2.45) is 10.9 Å². The predicted octanol–water partition coefficient (Wildman–Crippen LogP) is 3.97. The van der Waals surface area contributed by atoms with E-state index in [1.165, 1.54) is 56.1 Å². The Kier molecular flexibility index (Phi) is 10.3. The molecule has 1 aromatic heterocycles. The predicted molar refractivity (Wildman–Crippen MR) is 125 cm³/mol. The van der Waals surface area contributed by atoms with Crippen molar-refractivity contribution in [3.63, 3.8) is 0 Å². The molecule has 2 N–H and O–H groups in total. The van der Waals surface area contributed by atoms with E-state index >= 15 is 0 Å². The number of benzene rings is 1. The molecule has 28 heavy (non-hydrogen) atoms. The number of halogens is 1. The fourth-order valence-corrected chi connectivity index (χ4v) is 3.81. The molecular formula is C21H33IN6. The van der Waals surface area contributed by atoms with E-state index < -0.39 is 0 Å². The Balaban J connectivity index is 0.00000280. The summed E-state index contributed by atoms with van der Waals surface area (Å²) in [6, 6.07) is 8.53. The lowest BCUT2D eigenvalue weighted by Crippen LogP contribution is -2.37. The molecule has 0 saturated heterocycles. The van der Waals surface area contributed by atoms with Crippen LogP contribution in [-0.2, 0) is 13.1 Å². The highest BCUT2D eigenvalue weighted by Crippen LogP contribution is 2.28. The van der Waals surface area contributed by atoms with Gasteiger partial charge >= 0.3 is 0 Å². The summed E-state index contributed by atoms with van der Waals surface area (Å²) >= 11 is 0. The van der Waals surface area contributed by atoms with Crippen molar-refractivity contribution in [3.05, 3.63) is 48.0 Å². The minimum atomic E-state index is 0. The molecule has 2 aromatic rings. The monoisotopic (exact) mass is 496 g/mol. The molecule has 0 amide bonds. The lowest BCUT2D eigenvalue weighted by atomic mass is 10.0. The van der Waals surface area contributed by atoms with Gasteiger partial charge in [0.15, 0.2) is 5.96 Å². The van der Waals surface area contributed by atoms with Crippen LogP contribution in [0, 0.1) is 5.92 Å². The molecule has 1 heterocycles. The molecule has 0 unspecified atom stereocenters. The van der Waals surface area contributed by atoms with Gasteiger partial charge < -0.3 is 10.6 Å². The molecule has 1 saturated carbocycles. The van der Waals surface area contributed by atoms with E-state index in [1.54, 1.807) is 12.7 Å². The molecule has 6 nitrogen and oxygen atoms in total. The van der Waals surface area contributed by atoms with Crippen molar-refractivity contribution in [2.75, 3.05) is 13.6 Å². The molecule has 3 rings (SSSR count). The fourth-order valence-electron chi connectivity index (χ4n) is 3.81. The van der Waals surface area contributed by atoms with E-state index in [0.717, 1.165) is 31.5 Å². The maximum atomic E-state index is 4.33. The summed E-state index contributed by atoms with van der Waals surface area (Å²) in [7, 11) is 1.83. The first-order valence-corrected chi connectivity index (χ1v) is 10.2. The van der Waals surface area contributed by atoms with Gasteiger partial charge in [-0.25, -0.2) is 9.67 Å². The Morgan fingerprint density at radius 3 is 2.75 bits per heavy atom. The molecule has 1 fully saturated rings. The van der Waals surface area contributed by atoms with Crippen LogP contribution in [0.15, 0.2) is 41.9 Å². The van der Waals surface area contributed by atoms with Gasteiger partial charge in [-0.2, -0.15) is 5.10 Å². The normalized spacial score (nSPS) is 14.7. The number of unbranched alkanes of at least 4 members (excludes halogenated alkanes) is 1. The van der Waals surface area contributed by atoms with Crippen molar-refractivity contribution in [1.29, 1.82) is 0 Å². The average Bonchev–Trinajstić information content (AvgIpc) is 3.38. The van der Waals surface area contributed by atoms with Gasteiger partial charge in [0.25, 0.3) is 0 Å². The van der Waals surface area contributed by atoms with Crippen molar-refractivity contribution in [1.82, 2.24) is 25.4 Å². The molecule has 7 heteroatoms. The van der Waals surface area contributed by atoms with Gasteiger partial charge in [-0.1, -0.05) is 62.8 Å². The Bertz CT molecular complexity index is 695. The zero-order valence-electron chi connectivity index (χ0n) is 16.8. The number of rotatable bonds is 9. The average molecular weight is 496 g/mol. The zero-order valence-corrected chi connectivity index (χ0v) is 19.1. The van der Waals surface area contributed by atoms with Crippen molar-refractivity contribution < 1.29 is 0 Å². The fraction of sp³-hybridized carbons (Fsp3) is 0.571. The molecule has 0 aliphatic heterocycles. The van der Waals surface area contributed by atoms with Crippen LogP contribution < -0.4 is 10.6 Å². The van der Waals surface area contributed by atoms with Gasteiger partial charge in [0.1, 0.15) is 12.7 Å². The number of aromatic nitrogens is 3. The maximum absolute atomic E-state index is 4.33. The molecular weight excluding hydrogens is 463 g/mol. The minimum Gasteiger partial charge on any atom is -0.356 e. The molecule has 0 atom stereocenters. The van der Waals surface area contributed by atoms with Gasteiger partial charge in [-0.3, -0.25) is 4.99 Å². The van der Waals surface area contributed by atoms with Gasteiger partial charge in [0, 0.05) is 20.1 Å². The second-order valence-corrected chi connectivity index (χ2v) is 7.41. The number of guanidine groups is 1. The summed E-state index contributed by atoms with van der Waals surface area (Å²) in [5, 5.41) is 11.0. The maximum Gasteiger partial charge on any atom is 0.191 e. The smallest absolute Gasteiger partial charge is 0.191 e. The summed E-state index contributed by atoms with van der Waals surface area (Å²) in [5.41, 5.74) is 2.45. The number of aliphatic imine (C=N–C) groups is 1. The SMILES string of the molecule is CN=C(NCCCCC1CCCC1)NCc1cccc(Cn2cncn2)c1.I. The Labute approximate surface area is 185 Å². The van der Waals surface area contributed by atoms with Crippen LogP contribution in [0.4, 0.5) is 0 Å². The summed E-state index contributed by atoms with van der Waals surface area (Å²) in [6.45, 7) is 2.48. The largest absolute Gasteiger partial charge is 0.356 e. The molecule has 1 aliphatic rings. The standard InChI is InChI=1S/C21H32N6.HI/c1-22-21(24-12-5-4-9-18-7-2-3-8-18)25-14-19-10-6-11-20(13-19)15-27-17-23-16-26-27;/h6,10-11,13,16-18H,2-5,7-9,12,14-15H2,1H3,(H2,22,24,25);1H. The Hall–Kier alpha value is -1.64. The van der Waals surface area contributed by atoms with Crippen molar-refractivity contribution in [2.45, 2.75) is 58.0 Å². The van der Waals surface area contributed by atoms with Crippen LogP contribution in [-0.4, -0.2) is 34.3 Å². The lowest BCUT2D eigenvalue weighted by molar-refractivity contribution is 0.472. The van der Waals surface area contributed by atoms with Crippen molar-refractivity contribution in [3.8, 4) is 0 Å². The third kappa shape index (κ3) is 7.77. The molecule has 0 radical (unpaired) electrons. The Morgan fingerprint density at radius 1 is 1.18 bits per heavy atom. The van der Waals surface area contributed by atoms with Crippen LogP contribution in [0.2, 0.25) is 0 Å². The number of nitrogens with one attached hydrogen (secondary N) is 2. The first kappa shape index (κ1) is 22.6. The van der Waals surface area contributed by atoms with Gasteiger partial charge in [-0.05, 0) is 23.5 Å². The number of hydrogen-bond donors (Lipinski definition) is 2. The van der Waals surface area contributed by atoms with Crippen LogP contribution in [0.3, 0.4) is 0 Å². The first-order valence-electron chi connectivity index (χ1n) is 10.2. The highest BCUT2D eigenvalue weighted by Gasteiger charge is 2.13. The lowest BCUT2D eigenvalue weighted by Gasteiger charge is -2.13. The number of hydrogen-bond acceptors (Lipinski definition) is 3. The molecule has 1 aromatic carbocycles. The summed E-state index contributed by atoms with van der Waals surface area (Å²) < 4.78 is 1.83. The summed E-state index contributed by atoms with van der Waals surface area (Å²) in [4.78, 5) is 8.32.